The van der Waals surface area contributed by atoms with Crippen LogP contribution in [0.1, 0.15) is 29.6 Å². The molecular formula is C17H14BrCl2N5. The molecule has 2 heterocycles. The Balaban J connectivity index is 1.78. The third kappa shape index (κ3) is 3.21. The van der Waals surface area contributed by atoms with Gasteiger partial charge in [0.15, 0.2) is 0 Å². The van der Waals surface area contributed by atoms with Crippen molar-refractivity contribution in [2.45, 2.75) is 18.5 Å². The van der Waals surface area contributed by atoms with Crippen molar-refractivity contribution in [2.75, 3.05) is 11.1 Å². The Hall–Kier alpha value is -1.76. The second-order valence-corrected chi connectivity index (χ2v) is 7.67. The maximum Gasteiger partial charge on any atom is 0.241 e. The van der Waals surface area contributed by atoms with Gasteiger partial charge in [-0.3, -0.25) is 0 Å². The van der Waals surface area contributed by atoms with E-state index < -0.39 is 0 Å². The highest BCUT2D eigenvalue weighted by molar-refractivity contribution is 9.10. The molecule has 25 heavy (non-hydrogen) atoms. The minimum absolute atomic E-state index is 0.00436. The molecule has 3 aromatic rings. The SMILES string of the molecule is Nc1nc2n(n1)C(c1cccc(Br)c1)CC(c1ccc(Cl)cc1Cl)N2. The van der Waals surface area contributed by atoms with Crippen LogP contribution in [0.3, 0.4) is 0 Å². The molecule has 1 aliphatic heterocycles. The van der Waals surface area contributed by atoms with E-state index in [0.29, 0.717) is 16.0 Å². The summed E-state index contributed by atoms with van der Waals surface area (Å²) < 4.78 is 2.84. The van der Waals surface area contributed by atoms with E-state index in [1.165, 1.54) is 0 Å². The van der Waals surface area contributed by atoms with Crippen LogP contribution in [-0.4, -0.2) is 14.8 Å². The molecule has 2 unspecified atom stereocenters. The third-order valence-electron chi connectivity index (χ3n) is 4.28. The maximum absolute atomic E-state index is 6.41. The quantitative estimate of drug-likeness (QED) is 0.585. The molecule has 0 bridgehead atoms. The molecule has 0 amide bonds. The van der Waals surface area contributed by atoms with Gasteiger partial charge in [-0.2, -0.15) is 4.98 Å². The first-order chi connectivity index (χ1) is 12.0. The van der Waals surface area contributed by atoms with Crippen molar-refractivity contribution in [3.05, 3.63) is 68.1 Å². The summed E-state index contributed by atoms with van der Waals surface area (Å²) in [4.78, 5) is 4.31. The summed E-state index contributed by atoms with van der Waals surface area (Å²) in [5, 5.41) is 8.97. The van der Waals surface area contributed by atoms with Crippen molar-refractivity contribution < 1.29 is 0 Å². The number of fused-ring (bicyclic) bond motifs is 1. The first-order valence-electron chi connectivity index (χ1n) is 7.70. The highest BCUT2D eigenvalue weighted by Gasteiger charge is 2.31. The van der Waals surface area contributed by atoms with Gasteiger partial charge in [0.25, 0.3) is 0 Å². The molecular weight excluding hydrogens is 425 g/mol. The van der Waals surface area contributed by atoms with Crippen molar-refractivity contribution in [1.82, 2.24) is 14.8 Å². The largest absolute Gasteiger partial charge is 0.366 e. The maximum atomic E-state index is 6.41. The van der Waals surface area contributed by atoms with E-state index in [9.17, 15) is 0 Å². The second-order valence-electron chi connectivity index (χ2n) is 5.91. The predicted molar refractivity (Wildman–Crippen MR) is 104 cm³/mol. The van der Waals surface area contributed by atoms with Crippen LogP contribution in [0.25, 0.3) is 0 Å². The molecule has 128 valence electrons. The zero-order valence-electron chi connectivity index (χ0n) is 13.0. The lowest BCUT2D eigenvalue weighted by molar-refractivity contribution is 0.431. The lowest BCUT2D eigenvalue weighted by atomic mass is 9.93. The fraction of sp³-hybridized carbons (Fsp3) is 0.176. The van der Waals surface area contributed by atoms with Crippen LogP contribution in [-0.2, 0) is 0 Å². The number of aromatic nitrogens is 3. The molecule has 0 aliphatic carbocycles. The van der Waals surface area contributed by atoms with E-state index in [2.05, 4.69) is 43.5 Å². The molecule has 1 aliphatic rings. The van der Waals surface area contributed by atoms with Crippen molar-refractivity contribution in [3.63, 3.8) is 0 Å². The molecule has 0 saturated heterocycles. The van der Waals surface area contributed by atoms with Gasteiger partial charge in [-0.15, -0.1) is 5.10 Å². The van der Waals surface area contributed by atoms with E-state index in [1.807, 2.05) is 28.9 Å². The number of rotatable bonds is 2. The molecule has 3 N–H and O–H groups in total. The van der Waals surface area contributed by atoms with E-state index in [0.717, 1.165) is 22.0 Å². The average molecular weight is 439 g/mol. The number of hydrogen-bond acceptors (Lipinski definition) is 4. The summed E-state index contributed by atoms with van der Waals surface area (Å²) in [6.45, 7) is 0. The van der Waals surface area contributed by atoms with Crippen LogP contribution in [0, 0.1) is 0 Å². The van der Waals surface area contributed by atoms with Gasteiger partial charge < -0.3 is 11.1 Å². The fourth-order valence-corrected chi connectivity index (χ4v) is 4.13. The third-order valence-corrected chi connectivity index (χ3v) is 5.33. The van der Waals surface area contributed by atoms with Crippen molar-refractivity contribution in [2.24, 2.45) is 0 Å². The Bertz CT molecular complexity index is 943. The highest BCUT2D eigenvalue weighted by Crippen LogP contribution is 2.40. The highest BCUT2D eigenvalue weighted by atomic mass is 79.9. The lowest BCUT2D eigenvalue weighted by Gasteiger charge is -2.32. The zero-order chi connectivity index (χ0) is 17.6. The molecule has 2 atom stereocenters. The standard InChI is InChI=1S/C17H14BrCl2N5/c18-10-3-1-2-9(6-10)15-8-14(12-5-4-11(19)7-13(12)20)22-17-23-16(21)24-25(15)17/h1-7,14-15H,8H2,(H3,21,22,23,24). The number of hydrogen-bond donors (Lipinski definition) is 2. The topological polar surface area (TPSA) is 68.8 Å². The Morgan fingerprint density at radius 1 is 1.20 bits per heavy atom. The summed E-state index contributed by atoms with van der Waals surface area (Å²) in [6.07, 6.45) is 0.758. The van der Waals surface area contributed by atoms with E-state index >= 15 is 0 Å². The first-order valence-corrected chi connectivity index (χ1v) is 9.25. The summed E-state index contributed by atoms with van der Waals surface area (Å²) >= 11 is 16.0. The van der Waals surface area contributed by atoms with E-state index in [1.54, 1.807) is 6.07 Å². The van der Waals surface area contributed by atoms with Crippen LogP contribution in [0.2, 0.25) is 10.0 Å². The van der Waals surface area contributed by atoms with Gasteiger partial charge in [0, 0.05) is 14.5 Å². The molecule has 0 radical (unpaired) electrons. The van der Waals surface area contributed by atoms with Gasteiger partial charge in [0.05, 0.1) is 12.1 Å². The summed E-state index contributed by atoms with van der Waals surface area (Å²) in [5.41, 5.74) is 7.92. The van der Waals surface area contributed by atoms with Gasteiger partial charge in [-0.25, -0.2) is 4.68 Å². The lowest BCUT2D eigenvalue weighted by Crippen LogP contribution is -2.28. The Morgan fingerprint density at radius 2 is 2.04 bits per heavy atom. The van der Waals surface area contributed by atoms with E-state index in [-0.39, 0.29) is 18.0 Å². The number of benzene rings is 2. The van der Waals surface area contributed by atoms with E-state index in [4.69, 9.17) is 28.9 Å². The van der Waals surface area contributed by atoms with Crippen LogP contribution in [0.4, 0.5) is 11.9 Å². The summed E-state index contributed by atoms with van der Waals surface area (Å²) in [7, 11) is 0. The molecule has 0 saturated carbocycles. The van der Waals surface area contributed by atoms with Gasteiger partial charge in [-0.05, 0) is 41.8 Å². The van der Waals surface area contributed by atoms with Gasteiger partial charge in [-0.1, -0.05) is 57.3 Å². The summed E-state index contributed by atoms with van der Waals surface area (Å²) in [5.74, 6) is 0.870. The summed E-state index contributed by atoms with van der Waals surface area (Å²) in [6, 6.07) is 13.7. The average Bonchev–Trinajstić information content (AvgIpc) is 2.94. The fourth-order valence-electron chi connectivity index (χ4n) is 3.17. The number of nitrogen functional groups attached to an aromatic ring is 1. The zero-order valence-corrected chi connectivity index (χ0v) is 16.1. The first kappa shape index (κ1) is 16.7. The molecule has 0 spiro atoms. The Kier molecular flexibility index (Phi) is 4.35. The van der Waals surface area contributed by atoms with Crippen LogP contribution >= 0.6 is 39.1 Å². The second kappa shape index (κ2) is 6.52. The molecule has 4 rings (SSSR count). The Morgan fingerprint density at radius 3 is 2.80 bits per heavy atom. The van der Waals surface area contributed by atoms with Crippen LogP contribution < -0.4 is 11.1 Å². The van der Waals surface area contributed by atoms with Crippen molar-refractivity contribution in [3.8, 4) is 0 Å². The van der Waals surface area contributed by atoms with Gasteiger partial charge in [0.1, 0.15) is 0 Å². The van der Waals surface area contributed by atoms with Crippen LogP contribution in [0.15, 0.2) is 46.9 Å². The van der Waals surface area contributed by atoms with Gasteiger partial charge >= 0.3 is 0 Å². The minimum Gasteiger partial charge on any atom is -0.366 e. The Labute approximate surface area is 163 Å². The van der Waals surface area contributed by atoms with Crippen molar-refractivity contribution >= 4 is 51.0 Å². The minimum atomic E-state index is -0.0233. The molecule has 2 aromatic carbocycles. The number of nitrogens with one attached hydrogen (secondary N) is 1. The number of anilines is 2. The number of halogens is 3. The molecule has 5 nitrogen and oxygen atoms in total. The molecule has 1 aromatic heterocycles. The van der Waals surface area contributed by atoms with Crippen molar-refractivity contribution in [1.29, 1.82) is 0 Å². The number of nitrogens with zero attached hydrogens (tertiary/aromatic N) is 3. The monoisotopic (exact) mass is 437 g/mol. The number of nitrogens with two attached hydrogens (primary N) is 1. The predicted octanol–water partition coefficient (Wildman–Crippen LogP) is 5.08. The smallest absolute Gasteiger partial charge is 0.241 e. The normalized spacial score (nSPS) is 19.3. The van der Waals surface area contributed by atoms with Gasteiger partial charge in [0.2, 0.25) is 11.9 Å². The van der Waals surface area contributed by atoms with Crippen LogP contribution in [0.5, 0.6) is 0 Å². The molecule has 0 fully saturated rings. The molecule has 8 heteroatoms.